The highest BCUT2D eigenvalue weighted by molar-refractivity contribution is 6.24. The van der Waals surface area contributed by atoms with Crippen LogP contribution in [0.25, 0.3) is 0 Å². The van der Waals surface area contributed by atoms with Crippen molar-refractivity contribution in [2.75, 3.05) is 0 Å². The zero-order valence-corrected chi connectivity index (χ0v) is 9.52. The third kappa shape index (κ3) is 1.32. The van der Waals surface area contributed by atoms with Gasteiger partial charge in [-0.1, -0.05) is 0 Å². The van der Waals surface area contributed by atoms with Gasteiger partial charge >= 0.3 is 0 Å². The fourth-order valence-corrected chi connectivity index (χ4v) is 5.26. The molecule has 4 bridgehead atoms. The first-order valence-electron chi connectivity index (χ1n) is 5.75. The molecule has 3 N–H and O–H groups in total. The van der Waals surface area contributed by atoms with Crippen LogP contribution in [0.15, 0.2) is 0 Å². The van der Waals surface area contributed by atoms with Gasteiger partial charge in [0.2, 0.25) is 5.91 Å². The molecule has 0 aromatic heterocycles. The lowest BCUT2D eigenvalue weighted by Crippen LogP contribution is -2.59. The van der Waals surface area contributed by atoms with Gasteiger partial charge in [-0.25, -0.2) is 5.84 Å². The predicted octanol–water partition coefficient (Wildman–Crippen LogP) is 1.55. The SMILES string of the molecule is NNC(=O)C12CC3CC(CC(Cl)(C3)C1)C2. The molecule has 3 nitrogen and oxygen atoms in total. The summed E-state index contributed by atoms with van der Waals surface area (Å²) < 4.78 is 0. The number of hydrogen-bond donors (Lipinski definition) is 2. The average molecular weight is 229 g/mol. The quantitative estimate of drug-likeness (QED) is 0.310. The number of carbonyl (C=O) groups is 1. The van der Waals surface area contributed by atoms with Gasteiger partial charge < -0.3 is 0 Å². The molecule has 4 aliphatic rings. The molecule has 15 heavy (non-hydrogen) atoms. The van der Waals surface area contributed by atoms with Gasteiger partial charge in [-0.05, 0) is 50.4 Å². The molecular formula is C11H17ClN2O. The van der Waals surface area contributed by atoms with Crippen molar-refractivity contribution in [3.63, 3.8) is 0 Å². The van der Waals surface area contributed by atoms with E-state index in [-0.39, 0.29) is 16.2 Å². The summed E-state index contributed by atoms with van der Waals surface area (Å²) in [6.07, 6.45) is 6.31. The Balaban J connectivity index is 1.96. The number of alkyl halides is 1. The second kappa shape index (κ2) is 2.89. The Morgan fingerprint density at radius 3 is 2.33 bits per heavy atom. The fraction of sp³-hybridized carbons (Fsp3) is 0.909. The molecular weight excluding hydrogens is 212 g/mol. The highest BCUT2D eigenvalue weighted by Crippen LogP contribution is 2.63. The van der Waals surface area contributed by atoms with E-state index in [0.717, 1.165) is 32.1 Å². The van der Waals surface area contributed by atoms with E-state index in [4.69, 9.17) is 17.4 Å². The first-order valence-corrected chi connectivity index (χ1v) is 6.13. The van der Waals surface area contributed by atoms with Crippen LogP contribution < -0.4 is 11.3 Å². The molecule has 4 aliphatic carbocycles. The van der Waals surface area contributed by atoms with Crippen molar-refractivity contribution in [3.8, 4) is 0 Å². The Morgan fingerprint density at radius 1 is 1.27 bits per heavy atom. The molecule has 0 aromatic carbocycles. The number of hydrazine groups is 1. The van der Waals surface area contributed by atoms with E-state index in [1.165, 1.54) is 6.42 Å². The van der Waals surface area contributed by atoms with Crippen LogP contribution in [0.4, 0.5) is 0 Å². The minimum atomic E-state index is -0.236. The van der Waals surface area contributed by atoms with E-state index in [1.807, 2.05) is 0 Å². The smallest absolute Gasteiger partial charge is 0.240 e. The minimum absolute atomic E-state index is 0.0154. The van der Waals surface area contributed by atoms with Crippen molar-refractivity contribution < 1.29 is 4.79 Å². The topological polar surface area (TPSA) is 55.1 Å². The van der Waals surface area contributed by atoms with E-state index < -0.39 is 0 Å². The van der Waals surface area contributed by atoms with Crippen LogP contribution in [-0.4, -0.2) is 10.8 Å². The number of carbonyl (C=O) groups excluding carboxylic acids is 1. The Kier molecular flexibility index (Phi) is 1.91. The molecule has 0 radical (unpaired) electrons. The molecule has 84 valence electrons. The number of nitrogens with one attached hydrogen (secondary N) is 1. The maximum atomic E-state index is 11.9. The average Bonchev–Trinajstić information content (AvgIpc) is 2.12. The summed E-state index contributed by atoms with van der Waals surface area (Å²) in [4.78, 5) is 11.8. The second-order valence-corrected chi connectivity index (χ2v) is 6.67. The van der Waals surface area contributed by atoms with Gasteiger partial charge in [0.25, 0.3) is 0 Å². The van der Waals surface area contributed by atoms with Gasteiger partial charge in [-0.2, -0.15) is 0 Å². The van der Waals surface area contributed by atoms with Crippen molar-refractivity contribution in [2.45, 2.75) is 43.4 Å². The summed E-state index contributed by atoms with van der Waals surface area (Å²) in [5, 5.41) is 0. The van der Waals surface area contributed by atoms with Gasteiger partial charge in [0.05, 0.1) is 5.41 Å². The van der Waals surface area contributed by atoms with Crippen LogP contribution in [0.5, 0.6) is 0 Å². The van der Waals surface area contributed by atoms with E-state index in [2.05, 4.69) is 5.43 Å². The van der Waals surface area contributed by atoms with Crippen molar-refractivity contribution in [3.05, 3.63) is 0 Å². The largest absolute Gasteiger partial charge is 0.294 e. The zero-order valence-electron chi connectivity index (χ0n) is 8.76. The highest BCUT2D eigenvalue weighted by atomic mass is 35.5. The first-order chi connectivity index (χ1) is 7.05. The lowest BCUT2D eigenvalue weighted by atomic mass is 9.49. The van der Waals surface area contributed by atoms with E-state index in [1.54, 1.807) is 0 Å². The van der Waals surface area contributed by atoms with Gasteiger partial charge in [0.15, 0.2) is 0 Å². The number of nitrogens with two attached hydrogens (primary N) is 1. The van der Waals surface area contributed by atoms with Crippen LogP contribution >= 0.6 is 11.6 Å². The summed E-state index contributed by atoms with van der Waals surface area (Å²) in [6.45, 7) is 0. The van der Waals surface area contributed by atoms with Crippen molar-refractivity contribution >= 4 is 17.5 Å². The summed E-state index contributed by atoms with van der Waals surface area (Å²) in [5.74, 6) is 6.62. The molecule has 4 fully saturated rings. The predicted molar refractivity (Wildman–Crippen MR) is 58.0 cm³/mol. The Bertz CT molecular complexity index is 304. The summed E-state index contributed by atoms with van der Waals surface area (Å²) in [5.41, 5.74) is 2.11. The molecule has 0 aliphatic heterocycles. The van der Waals surface area contributed by atoms with E-state index in [9.17, 15) is 4.79 Å². The second-order valence-electron chi connectivity index (χ2n) is 5.87. The maximum absolute atomic E-state index is 11.9. The van der Waals surface area contributed by atoms with Crippen LogP contribution in [0.3, 0.4) is 0 Å². The lowest BCUT2D eigenvalue weighted by Gasteiger charge is -2.58. The molecule has 0 saturated heterocycles. The number of halogens is 1. The van der Waals surface area contributed by atoms with Crippen LogP contribution in [0.2, 0.25) is 0 Å². The molecule has 0 spiro atoms. The third-order valence-corrected chi connectivity index (χ3v) is 5.04. The lowest BCUT2D eigenvalue weighted by molar-refractivity contribution is -0.144. The highest BCUT2D eigenvalue weighted by Gasteiger charge is 2.59. The molecule has 4 heteroatoms. The van der Waals surface area contributed by atoms with Gasteiger partial charge in [-0.15, -0.1) is 11.6 Å². The first kappa shape index (κ1) is 9.91. The minimum Gasteiger partial charge on any atom is -0.294 e. The summed E-state index contributed by atoms with van der Waals surface area (Å²) in [6, 6.07) is 0. The van der Waals surface area contributed by atoms with Crippen molar-refractivity contribution in [1.29, 1.82) is 0 Å². The maximum Gasteiger partial charge on any atom is 0.240 e. The molecule has 0 aromatic rings. The zero-order chi connectivity index (χ0) is 10.7. The van der Waals surface area contributed by atoms with Crippen molar-refractivity contribution in [2.24, 2.45) is 23.1 Å². The standard InChI is InChI=1S/C11H17ClN2O/c12-11-4-7-1-8(5-11)3-10(2-7,6-11)9(15)14-13/h7-8H,1-6,13H2,(H,14,15). The molecule has 4 saturated carbocycles. The Labute approximate surface area is 94.7 Å². The van der Waals surface area contributed by atoms with Gasteiger partial charge in [0.1, 0.15) is 0 Å². The third-order valence-electron chi connectivity index (χ3n) is 4.60. The van der Waals surface area contributed by atoms with Gasteiger partial charge in [-0.3, -0.25) is 10.2 Å². The van der Waals surface area contributed by atoms with Crippen molar-refractivity contribution in [1.82, 2.24) is 5.43 Å². The number of rotatable bonds is 1. The normalized spacial score (nSPS) is 51.9. The Hall–Kier alpha value is -0.280. The monoisotopic (exact) mass is 228 g/mol. The molecule has 0 heterocycles. The molecule has 2 atom stereocenters. The van der Waals surface area contributed by atoms with Gasteiger partial charge in [0, 0.05) is 4.87 Å². The number of amides is 1. The molecule has 4 rings (SSSR count). The summed E-state index contributed by atoms with van der Waals surface area (Å²) >= 11 is 6.60. The molecule has 2 unspecified atom stereocenters. The molecule has 1 amide bonds. The Morgan fingerprint density at radius 2 is 1.87 bits per heavy atom. The van der Waals surface area contributed by atoms with Crippen LogP contribution in [0, 0.1) is 17.3 Å². The number of hydrogen-bond acceptors (Lipinski definition) is 2. The van der Waals surface area contributed by atoms with E-state index in [0.29, 0.717) is 11.8 Å². The van der Waals surface area contributed by atoms with E-state index >= 15 is 0 Å². The van der Waals surface area contributed by atoms with Crippen LogP contribution in [0.1, 0.15) is 38.5 Å². The summed E-state index contributed by atoms with van der Waals surface area (Å²) in [7, 11) is 0. The van der Waals surface area contributed by atoms with Crippen LogP contribution in [-0.2, 0) is 4.79 Å². The fourth-order valence-electron chi connectivity index (χ4n) is 4.57.